The van der Waals surface area contributed by atoms with E-state index in [-0.39, 0.29) is 12.4 Å². The van der Waals surface area contributed by atoms with Crippen LogP contribution in [-0.4, -0.2) is 17.1 Å². The molecule has 3 aromatic carbocycles. The number of carbonyl (C=O) groups is 1. The van der Waals surface area contributed by atoms with Crippen LogP contribution in [0.3, 0.4) is 0 Å². The number of benzene rings is 3. The van der Waals surface area contributed by atoms with E-state index in [0.717, 1.165) is 27.7 Å². The molecule has 0 unspecified atom stereocenters. The molecule has 5 heteroatoms. The molecule has 0 aliphatic heterocycles. The average Bonchev–Trinajstić information content (AvgIpc) is 3.17. The molecule has 1 heterocycles. The van der Waals surface area contributed by atoms with Gasteiger partial charge >= 0.3 is 5.97 Å². The Morgan fingerprint density at radius 2 is 1.74 bits per heavy atom. The standard InChI is InChI=1S/C26H24BrNO3/c1-2-30-26(29)16-21-10-6-7-11-25(21)31-18-20-14-23(27)22-12-13-28(24(22)15-20)17-19-8-4-3-5-9-19/h3-15H,2,16-18H2,1H3. The van der Waals surface area contributed by atoms with E-state index >= 15 is 0 Å². The number of aromatic nitrogens is 1. The first-order chi connectivity index (χ1) is 15.1. The van der Waals surface area contributed by atoms with Crippen LogP contribution in [0.2, 0.25) is 0 Å². The number of nitrogens with zero attached hydrogens (tertiary/aromatic N) is 1. The van der Waals surface area contributed by atoms with Crippen molar-refractivity contribution in [3.63, 3.8) is 0 Å². The summed E-state index contributed by atoms with van der Waals surface area (Å²) < 4.78 is 14.5. The quantitative estimate of drug-likeness (QED) is 0.286. The lowest BCUT2D eigenvalue weighted by Gasteiger charge is -2.13. The number of carbonyl (C=O) groups excluding carboxylic acids is 1. The van der Waals surface area contributed by atoms with Crippen molar-refractivity contribution in [3.8, 4) is 5.75 Å². The molecule has 0 fully saturated rings. The van der Waals surface area contributed by atoms with Crippen molar-refractivity contribution in [1.82, 2.24) is 4.57 Å². The predicted octanol–water partition coefficient (Wildman–Crippen LogP) is 6.14. The molecule has 0 spiro atoms. The number of rotatable bonds is 8. The topological polar surface area (TPSA) is 40.5 Å². The minimum atomic E-state index is -0.249. The molecular weight excluding hydrogens is 454 g/mol. The molecule has 0 aliphatic carbocycles. The summed E-state index contributed by atoms with van der Waals surface area (Å²) in [5.41, 5.74) is 4.29. The summed E-state index contributed by atoms with van der Waals surface area (Å²) in [4.78, 5) is 11.9. The van der Waals surface area contributed by atoms with Gasteiger partial charge in [-0.15, -0.1) is 0 Å². The highest BCUT2D eigenvalue weighted by molar-refractivity contribution is 9.10. The van der Waals surface area contributed by atoms with Crippen molar-refractivity contribution in [3.05, 3.63) is 100 Å². The fraction of sp³-hybridized carbons (Fsp3) is 0.192. The first kappa shape index (κ1) is 21.2. The second-order valence-corrected chi connectivity index (χ2v) is 8.17. The Labute approximate surface area is 190 Å². The Morgan fingerprint density at radius 1 is 0.968 bits per heavy atom. The molecule has 0 saturated heterocycles. The second-order valence-electron chi connectivity index (χ2n) is 7.32. The summed E-state index contributed by atoms with van der Waals surface area (Å²) >= 11 is 3.71. The number of hydrogen-bond acceptors (Lipinski definition) is 3. The molecule has 0 saturated carbocycles. The summed E-state index contributed by atoms with van der Waals surface area (Å²) in [5, 5.41) is 1.17. The highest BCUT2D eigenvalue weighted by Gasteiger charge is 2.11. The minimum absolute atomic E-state index is 0.201. The van der Waals surface area contributed by atoms with Gasteiger partial charge in [0, 0.05) is 33.7 Å². The van der Waals surface area contributed by atoms with Gasteiger partial charge in [0.2, 0.25) is 0 Å². The first-order valence-electron chi connectivity index (χ1n) is 10.3. The van der Waals surface area contributed by atoms with Gasteiger partial charge in [-0.25, -0.2) is 0 Å². The molecule has 1 aromatic heterocycles. The number of para-hydroxylation sites is 1. The smallest absolute Gasteiger partial charge is 0.310 e. The third kappa shape index (κ3) is 5.17. The molecule has 0 aliphatic rings. The lowest BCUT2D eigenvalue weighted by molar-refractivity contribution is -0.142. The fourth-order valence-corrected chi connectivity index (χ4v) is 4.26. The Kier molecular flexibility index (Phi) is 6.73. The number of fused-ring (bicyclic) bond motifs is 1. The van der Waals surface area contributed by atoms with E-state index in [1.165, 1.54) is 10.9 Å². The van der Waals surface area contributed by atoms with Crippen molar-refractivity contribution in [1.29, 1.82) is 0 Å². The van der Waals surface area contributed by atoms with E-state index in [1.807, 2.05) is 37.3 Å². The molecule has 0 N–H and O–H groups in total. The van der Waals surface area contributed by atoms with Gasteiger partial charge in [0.05, 0.1) is 13.0 Å². The van der Waals surface area contributed by atoms with Crippen LogP contribution in [0.25, 0.3) is 10.9 Å². The highest BCUT2D eigenvalue weighted by atomic mass is 79.9. The summed E-state index contributed by atoms with van der Waals surface area (Å²) in [7, 11) is 0. The van der Waals surface area contributed by atoms with Crippen molar-refractivity contribution < 1.29 is 14.3 Å². The Bertz CT molecular complexity index is 1180. The summed E-state index contributed by atoms with van der Waals surface area (Å²) in [6.07, 6.45) is 2.31. The molecule has 0 amide bonds. The fourth-order valence-electron chi connectivity index (χ4n) is 3.63. The number of hydrogen-bond donors (Lipinski definition) is 0. The number of ether oxygens (including phenoxy) is 2. The summed E-state index contributed by atoms with van der Waals surface area (Å²) in [6, 6.07) is 24.4. The molecule has 158 valence electrons. The zero-order valence-corrected chi connectivity index (χ0v) is 19.0. The average molecular weight is 478 g/mol. The van der Waals surface area contributed by atoms with Crippen molar-refractivity contribution in [2.24, 2.45) is 0 Å². The monoisotopic (exact) mass is 477 g/mol. The lowest BCUT2D eigenvalue weighted by Crippen LogP contribution is -2.09. The summed E-state index contributed by atoms with van der Waals surface area (Å²) in [6.45, 7) is 3.40. The maximum atomic E-state index is 11.9. The predicted molar refractivity (Wildman–Crippen MR) is 126 cm³/mol. The highest BCUT2D eigenvalue weighted by Crippen LogP contribution is 2.29. The van der Waals surface area contributed by atoms with Crippen LogP contribution in [0.15, 0.2) is 83.5 Å². The third-order valence-electron chi connectivity index (χ3n) is 5.10. The van der Waals surface area contributed by atoms with E-state index in [0.29, 0.717) is 19.0 Å². The van der Waals surface area contributed by atoms with E-state index in [4.69, 9.17) is 9.47 Å². The SMILES string of the molecule is CCOC(=O)Cc1ccccc1OCc1cc(Br)c2ccn(Cc3ccccc3)c2c1. The van der Waals surface area contributed by atoms with Crippen LogP contribution in [0, 0.1) is 0 Å². The molecule has 0 bridgehead atoms. The maximum absolute atomic E-state index is 11.9. The largest absolute Gasteiger partial charge is 0.489 e. The van der Waals surface area contributed by atoms with Gasteiger partial charge in [-0.2, -0.15) is 0 Å². The second kappa shape index (κ2) is 9.84. The Hall–Kier alpha value is -3.05. The molecule has 4 aromatic rings. The molecule has 4 rings (SSSR count). The van der Waals surface area contributed by atoms with Crippen LogP contribution in [0.4, 0.5) is 0 Å². The lowest BCUT2D eigenvalue weighted by atomic mass is 10.1. The molecule has 4 nitrogen and oxygen atoms in total. The van der Waals surface area contributed by atoms with Crippen LogP contribution in [-0.2, 0) is 29.1 Å². The van der Waals surface area contributed by atoms with Gasteiger partial charge in [0.25, 0.3) is 0 Å². The van der Waals surface area contributed by atoms with Gasteiger partial charge in [-0.3, -0.25) is 4.79 Å². The van der Waals surface area contributed by atoms with Gasteiger partial charge in [0.1, 0.15) is 12.4 Å². The first-order valence-corrected chi connectivity index (χ1v) is 11.1. The zero-order valence-electron chi connectivity index (χ0n) is 17.4. The van der Waals surface area contributed by atoms with Gasteiger partial charge in [-0.1, -0.05) is 64.5 Å². The number of halogens is 1. The van der Waals surface area contributed by atoms with Gasteiger partial charge < -0.3 is 14.0 Å². The Morgan fingerprint density at radius 3 is 2.55 bits per heavy atom. The molecule has 31 heavy (non-hydrogen) atoms. The van der Waals surface area contributed by atoms with Crippen molar-refractivity contribution >= 4 is 32.8 Å². The minimum Gasteiger partial charge on any atom is -0.489 e. The molecule has 0 atom stereocenters. The Balaban J connectivity index is 1.54. The van der Waals surface area contributed by atoms with Crippen molar-refractivity contribution in [2.75, 3.05) is 6.61 Å². The van der Waals surface area contributed by atoms with Crippen LogP contribution < -0.4 is 4.74 Å². The van der Waals surface area contributed by atoms with E-state index in [2.05, 4.69) is 69.2 Å². The van der Waals surface area contributed by atoms with Gasteiger partial charge in [0.15, 0.2) is 0 Å². The van der Waals surface area contributed by atoms with Crippen LogP contribution in [0.5, 0.6) is 5.75 Å². The van der Waals surface area contributed by atoms with Crippen LogP contribution in [0.1, 0.15) is 23.6 Å². The van der Waals surface area contributed by atoms with Gasteiger partial charge in [-0.05, 0) is 42.3 Å². The number of esters is 1. The molecule has 0 radical (unpaired) electrons. The maximum Gasteiger partial charge on any atom is 0.310 e. The zero-order chi connectivity index (χ0) is 21.6. The normalized spacial score (nSPS) is 10.9. The molecular formula is C26H24BrNO3. The van der Waals surface area contributed by atoms with Crippen molar-refractivity contribution in [2.45, 2.75) is 26.5 Å². The van der Waals surface area contributed by atoms with E-state index in [1.54, 1.807) is 0 Å². The van der Waals surface area contributed by atoms with Crippen LogP contribution >= 0.6 is 15.9 Å². The van der Waals surface area contributed by atoms with E-state index in [9.17, 15) is 4.79 Å². The van der Waals surface area contributed by atoms with E-state index < -0.39 is 0 Å². The summed E-state index contributed by atoms with van der Waals surface area (Å²) in [5.74, 6) is 0.452. The third-order valence-corrected chi connectivity index (χ3v) is 5.76.